The van der Waals surface area contributed by atoms with Gasteiger partial charge >= 0.3 is 0 Å². The van der Waals surface area contributed by atoms with Crippen molar-refractivity contribution in [3.8, 4) is 0 Å². The number of nitrogens with one attached hydrogen (secondary N) is 2. The van der Waals surface area contributed by atoms with E-state index < -0.39 is 0 Å². The number of likely N-dealkylation sites (N-methyl/N-ethyl adjacent to an activating group) is 1. The summed E-state index contributed by atoms with van der Waals surface area (Å²) >= 11 is 0. The van der Waals surface area contributed by atoms with Crippen LogP contribution in [0, 0.1) is 5.92 Å². The van der Waals surface area contributed by atoms with Crippen molar-refractivity contribution < 1.29 is 4.79 Å². The van der Waals surface area contributed by atoms with Gasteiger partial charge in [-0.3, -0.25) is 9.69 Å². The Morgan fingerprint density at radius 1 is 1.09 bits per heavy atom. The number of nitrogens with zero attached hydrogens (tertiary/aromatic N) is 3. The van der Waals surface area contributed by atoms with E-state index in [0.717, 1.165) is 31.9 Å². The van der Waals surface area contributed by atoms with Crippen LogP contribution in [0.5, 0.6) is 0 Å². The van der Waals surface area contributed by atoms with Gasteiger partial charge in [0.15, 0.2) is 5.96 Å². The topological polar surface area (TPSA) is 60.0 Å². The highest BCUT2D eigenvalue weighted by atomic mass is 127. The van der Waals surface area contributed by atoms with Crippen LogP contribution in [0.1, 0.15) is 57.9 Å². The summed E-state index contributed by atoms with van der Waals surface area (Å²) in [5.74, 6) is 1.48. The minimum atomic E-state index is 0. The molecule has 2 aliphatic rings. The number of likely N-dealkylation sites (tertiary alicyclic amines) is 1. The fourth-order valence-corrected chi connectivity index (χ4v) is 4.73. The fraction of sp³-hybridized carbons (Fsp3) is 0.680. The van der Waals surface area contributed by atoms with Gasteiger partial charge in [-0.2, -0.15) is 0 Å². The Kier molecular flexibility index (Phi) is 11.2. The monoisotopic (exact) mass is 555 g/mol. The molecule has 180 valence electrons. The van der Waals surface area contributed by atoms with Gasteiger partial charge in [-0.25, -0.2) is 4.99 Å². The molecule has 1 aliphatic heterocycles. The fourth-order valence-electron chi connectivity index (χ4n) is 4.73. The molecule has 1 heterocycles. The van der Waals surface area contributed by atoms with E-state index in [2.05, 4.69) is 64.7 Å². The second-order valence-corrected chi connectivity index (χ2v) is 9.64. The summed E-state index contributed by atoms with van der Waals surface area (Å²) < 4.78 is 0. The van der Waals surface area contributed by atoms with Crippen molar-refractivity contribution >= 4 is 35.8 Å². The first-order chi connectivity index (χ1) is 14.9. The minimum absolute atomic E-state index is 0. The first-order valence-corrected chi connectivity index (χ1v) is 12.0. The second kappa shape index (κ2) is 13.4. The lowest BCUT2D eigenvalue weighted by Crippen LogP contribution is -2.54. The molecular weight excluding hydrogens is 513 g/mol. The normalized spacial score (nSPS) is 26.7. The summed E-state index contributed by atoms with van der Waals surface area (Å²) in [5, 5.41) is 7.34. The molecule has 1 saturated carbocycles. The van der Waals surface area contributed by atoms with Gasteiger partial charge in [0.25, 0.3) is 0 Å². The van der Waals surface area contributed by atoms with E-state index in [4.69, 9.17) is 0 Å². The third-order valence-corrected chi connectivity index (χ3v) is 6.89. The van der Waals surface area contributed by atoms with Crippen LogP contribution in [0.15, 0.2) is 35.3 Å². The van der Waals surface area contributed by atoms with E-state index >= 15 is 0 Å². The quantitative estimate of drug-likeness (QED) is 0.318. The molecule has 0 radical (unpaired) electrons. The van der Waals surface area contributed by atoms with E-state index in [-0.39, 0.29) is 36.4 Å². The highest BCUT2D eigenvalue weighted by Crippen LogP contribution is 2.24. The van der Waals surface area contributed by atoms with Gasteiger partial charge in [-0.15, -0.1) is 24.0 Å². The van der Waals surface area contributed by atoms with E-state index in [1.54, 1.807) is 19.0 Å². The minimum Gasteiger partial charge on any atom is -0.354 e. The Balaban J connectivity index is 0.00000363. The molecule has 32 heavy (non-hydrogen) atoms. The molecule has 6 nitrogen and oxygen atoms in total. The molecule has 0 aromatic heterocycles. The summed E-state index contributed by atoms with van der Waals surface area (Å²) in [6.45, 7) is 6.90. The molecule has 4 unspecified atom stereocenters. The predicted octanol–water partition coefficient (Wildman–Crippen LogP) is 3.86. The number of rotatable bonds is 6. The number of amides is 1. The number of carbonyl (C=O) groups excluding carboxylic acids is 1. The lowest BCUT2D eigenvalue weighted by atomic mass is 9.86. The van der Waals surface area contributed by atoms with Crippen LogP contribution in [-0.4, -0.2) is 67.0 Å². The molecule has 1 amide bonds. The molecule has 1 aromatic carbocycles. The maximum atomic E-state index is 12.1. The summed E-state index contributed by atoms with van der Waals surface area (Å²) in [4.78, 5) is 21.0. The zero-order valence-electron chi connectivity index (χ0n) is 20.2. The highest BCUT2D eigenvalue weighted by Gasteiger charge is 2.28. The molecule has 1 aliphatic carbocycles. The summed E-state index contributed by atoms with van der Waals surface area (Å²) in [6, 6.07) is 12.0. The molecule has 3 rings (SSSR count). The molecule has 1 aromatic rings. The second-order valence-electron chi connectivity index (χ2n) is 9.64. The van der Waals surface area contributed by atoms with Gasteiger partial charge in [-0.1, -0.05) is 50.1 Å². The maximum Gasteiger partial charge on any atom is 0.243 e. The molecule has 1 saturated heterocycles. The van der Waals surface area contributed by atoms with Crippen LogP contribution in [0.25, 0.3) is 0 Å². The summed E-state index contributed by atoms with van der Waals surface area (Å²) in [5.41, 5.74) is 1.37. The number of carbonyl (C=O) groups is 1. The molecular formula is C25H42IN5O. The molecule has 2 N–H and O–H groups in total. The van der Waals surface area contributed by atoms with Crippen molar-refractivity contribution in [2.24, 2.45) is 10.9 Å². The molecule has 0 spiro atoms. The Labute approximate surface area is 211 Å². The van der Waals surface area contributed by atoms with E-state index in [1.807, 2.05) is 0 Å². The van der Waals surface area contributed by atoms with Crippen molar-refractivity contribution in [3.63, 3.8) is 0 Å². The van der Waals surface area contributed by atoms with Gasteiger partial charge in [0.05, 0.1) is 0 Å². The van der Waals surface area contributed by atoms with E-state index in [0.29, 0.717) is 24.0 Å². The number of benzene rings is 1. The van der Waals surface area contributed by atoms with E-state index in [1.165, 1.54) is 31.2 Å². The summed E-state index contributed by atoms with van der Waals surface area (Å²) in [6.07, 6.45) is 7.18. The molecule has 0 bridgehead atoms. The third kappa shape index (κ3) is 8.21. The number of piperidine rings is 1. The zero-order valence-corrected chi connectivity index (χ0v) is 22.5. The summed E-state index contributed by atoms with van der Waals surface area (Å²) in [7, 11) is 3.57. The van der Waals surface area contributed by atoms with Gasteiger partial charge in [0.2, 0.25) is 5.91 Å². The smallest absolute Gasteiger partial charge is 0.243 e. The van der Waals surface area contributed by atoms with Gasteiger partial charge < -0.3 is 15.5 Å². The Hall–Kier alpha value is -1.35. The van der Waals surface area contributed by atoms with E-state index in [9.17, 15) is 4.79 Å². The van der Waals surface area contributed by atoms with Crippen LogP contribution >= 0.6 is 24.0 Å². The maximum absolute atomic E-state index is 12.1. The number of hydrogen-bond acceptors (Lipinski definition) is 3. The van der Waals surface area contributed by atoms with Crippen molar-refractivity contribution in [1.29, 1.82) is 0 Å². The van der Waals surface area contributed by atoms with Crippen LogP contribution in [0.4, 0.5) is 0 Å². The number of halogens is 1. The standard InChI is InChI=1S/C25H41N5O.HI/c1-19-10-8-9-13-23(19)28-25(26-17-24(31)29(3)4)27-22-14-15-30(20(2)16-22)18-21-11-6-5-7-12-21;/h5-7,11-12,19-20,22-23H,8-10,13-18H2,1-4H3,(H2,26,27,28);1H. The molecule has 7 heteroatoms. The van der Waals surface area contributed by atoms with Crippen LogP contribution in [-0.2, 0) is 11.3 Å². The first kappa shape index (κ1) is 26.9. The van der Waals surface area contributed by atoms with Crippen LogP contribution < -0.4 is 10.6 Å². The number of hydrogen-bond donors (Lipinski definition) is 2. The average Bonchev–Trinajstić information content (AvgIpc) is 2.76. The van der Waals surface area contributed by atoms with Gasteiger partial charge in [0, 0.05) is 45.3 Å². The van der Waals surface area contributed by atoms with Crippen molar-refractivity contribution in [1.82, 2.24) is 20.4 Å². The first-order valence-electron chi connectivity index (χ1n) is 12.0. The average molecular weight is 556 g/mol. The van der Waals surface area contributed by atoms with Crippen LogP contribution in [0.2, 0.25) is 0 Å². The van der Waals surface area contributed by atoms with Crippen LogP contribution in [0.3, 0.4) is 0 Å². The molecule has 2 fully saturated rings. The SMILES string of the molecule is CC1CCCCC1NC(=NCC(=O)N(C)C)NC1CCN(Cc2ccccc2)C(C)C1.I. The van der Waals surface area contributed by atoms with Gasteiger partial charge in [-0.05, 0) is 44.1 Å². The number of guanidine groups is 1. The van der Waals surface area contributed by atoms with Crippen molar-refractivity contribution in [2.45, 2.75) is 77.0 Å². The molecule has 4 atom stereocenters. The van der Waals surface area contributed by atoms with Crippen molar-refractivity contribution in [3.05, 3.63) is 35.9 Å². The lowest BCUT2D eigenvalue weighted by Gasteiger charge is -2.39. The third-order valence-electron chi connectivity index (χ3n) is 6.89. The Morgan fingerprint density at radius 2 is 1.81 bits per heavy atom. The predicted molar refractivity (Wildman–Crippen MR) is 143 cm³/mol. The Morgan fingerprint density at radius 3 is 2.47 bits per heavy atom. The Bertz CT molecular complexity index is 726. The van der Waals surface area contributed by atoms with Gasteiger partial charge in [0.1, 0.15) is 6.54 Å². The number of aliphatic imine (C=N–C) groups is 1. The highest BCUT2D eigenvalue weighted by molar-refractivity contribution is 14.0. The zero-order chi connectivity index (χ0) is 22.2. The van der Waals surface area contributed by atoms with Crippen molar-refractivity contribution in [2.75, 3.05) is 27.2 Å². The largest absolute Gasteiger partial charge is 0.354 e. The lowest BCUT2D eigenvalue weighted by molar-refractivity contribution is -0.127.